The number of rotatable bonds is 3. The van der Waals surface area contributed by atoms with Crippen LogP contribution in [0.4, 0.5) is 0 Å². The number of carbonyl (C=O) groups is 1. The van der Waals surface area contributed by atoms with E-state index < -0.39 is 5.91 Å². The van der Waals surface area contributed by atoms with Crippen molar-refractivity contribution in [2.24, 2.45) is 5.73 Å². The number of amides is 1. The van der Waals surface area contributed by atoms with Crippen LogP contribution in [0, 0.1) is 0 Å². The molecule has 1 aliphatic heterocycles. The molecule has 3 N–H and O–H groups in total. The lowest BCUT2D eigenvalue weighted by atomic mass is 10.3. The molecular weight excluding hydrogens is 230 g/mol. The molecular formula is C10H14ClN3O2. The van der Waals surface area contributed by atoms with Gasteiger partial charge in [-0.25, -0.2) is 4.98 Å². The molecule has 0 bridgehead atoms. The van der Waals surface area contributed by atoms with Crippen molar-refractivity contribution < 1.29 is 9.53 Å². The van der Waals surface area contributed by atoms with Gasteiger partial charge < -0.3 is 15.8 Å². The summed E-state index contributed by atoms with van der Waals surface area (Å²) in [5.41, 5.74) is 5.39. The molecule has 0 saturated carbocycles. The molecule has 88 valence electrons. The first kappa shape index (κ1) is 12.7. The van der Waals surface area contributed by atoms with E-state index in [1.165, 1.54) is 6.20 Å². The van der Waals surface area contributed by atoms with Crippen LogP contribution in [0.25, 0.3) is 0 Å². The molecule has 1 amide bonds. The molecule has 1 unspecified atom stereocenters. The van der Waals surface area contributed by atoms with Gasteiger partial charge in [-0.2, -0.15) is 0 Å². The molecule has 0 radical (unpaired) electrons. The van der Waals surface area contributed by atoms with E-state index in [1.54, 1.807) is 12.1 Å². The smallest absolute Gasteiger partial charge is 0.271 e. The highest BCUT2D eigenvalue weighted by Gasteiger charge is 2.19. The standard InChI is InChI=1S/C10H13N3O2.ClH/c11-10(14)9-8(2-1-4-13-9)15-7-3-5-12-6-7;/h1-2,4,7,12H,3,5-6H2,(H2,11,14);1H. The third kappa shape index (κ3) is 2.84. The first-order chi connectivity index (χ1) is 7.27. The maximum atomic E-state index is 11.1. The second kappa shape index (κ2) is 5.67. The summed E-state index contributed by atoms with van der Waals surface area (Å²) in [7, 11) is 0. The van der Waals surface area contributed by atoms with E-state index in [-0.39, 0.29) is 24.2 Å². The SMILES string of the molecule is Cl.NC(=O)c1ncccc1OC1CCNC1. The third-order valence-electron chi connectivity index (χ3n) is 2.31. The van der Waals surface area contributed by atoms with Gasteiger partial charge in [-0.3, -0.25) is 4.79 Å². The summed E-state index contributed by atoms with van der Waals surface area (Å²) in [6.07, 6.45) is 2.57. The molecule has 1 fully saturated rings. The third-order valence-corrected chi connectivity index (χ3v) is 2.31. The number of ether oxygens (including phenoxy) is 1. The van der Waals surface area contributed by atoms with Crippen molar-refractivity contribution in [3.8, 4) is 5.75 Å². The van der Waals surface area contributed by atoms with Crippen LogP contribution in [0.5, 0.6) is 5.75 Å². The van der Waals surface area contributed by atoms with Crippen LogP contribution in [0.3, 0.4) is 0 Å². The van der Waals surface area contributed by atoms with Gasteiger partial charge in [0.2, 0.25) is 0 Å². The Hall–Kier alpha value is -1.33. The zero-order chi connectivity index (χ0) is 10.7. The highest BCUT2D eigenvalue weighted by molar-refractivity contribution is 5.93. The van der Waals surface area contributed by atoms with Crippen molar-refractivity contribution in [2.45, 2.75) is 12.5 Å². The van der Waals surface area contributed by atoms with Crippen LogP contribution in [0.2, 0.25) is 0 Å². The predicted molar refractivity (Wildman–Crippen MR) is 61.9 cm³/mol. The highest BCUT2D eigenvalue weighted by Crippen LogP contribution is 2.18. The van der Waals surface area contributed by atoms with Crippen LogP contribution in [-0.4, -0.2) is 30.1 Å². The van der Waals surface area contributed by atoms with E-state index in [0.29, 0.717) is 5.75 Å². The van der Waals surface area contributed by atoms with Gasteiger partial charge in [0, 0.05) is 12.7 Å². The number of hydrogen-bond acceptors (Lipinski definition) is 4. The zero-order valence-electron chi connectivity index (χ0n) is 8.68. The van der Waals surface area contributed by atoms with E-state index in [0.717, 1.165) is 19.5 Å². The van der Waals surface area contributed by atoms with Crippen LogP contribution in [-0.2, 0) is 0 Å². The predicted octanol–water partition coefficient (Wildman–Crippen LogP) is 0.343. The minimum absolute atomic E-state index is 0. The maximum absolute atomic E-state index is 11.1. The molecule has 2 heterocycles. The summed E-state index contributed by atoms with van der Waals surface area (Å²) in [5.74, 6) is -0.0877. The summed E-state index contributed by atoms with van der Waals surface area (Å²) in [6.45, 7) is 1.74. The lowest BCUT2D eigenvalue weighted by Crippen LogP contribution is -2.22. The second-order valence-corrected chi connectivity index (χ2v) is 3.45. The Balaban J connectivity index is 0.00000128. The summed E-state index contributed by atoms with van der Waals surface area (Å²) in [4.78, 5) is 15.0. The molecule has 1 aliphatic rings. The minimum Gasteiger partial charge on any atom is -0.487 e. The number of hydrogen-bond donors (Lipinski definition) is 2. The summed E-state index contributed by atoms with van der Waals surface area (Å²) in [5, 5.41) is 3.18. The minimum atomic E-state index is -0.559. The molecule has 1 aromatic rings. The number of pyridine rings is 1. The van der Waals surface area contributed by atoms with Gasteiger partial charge in [-0.05, 0) is 25.1 Å². The molecule has 2 rings (SSSR count). The second-order valence-electron chi connectivity index (χ2n) is 3.45. The number of halogens is 1. The molecule has 0 aromatic carbocycles. The topological polar surface area (TPSA) is 77.2 Å². The Morgan fingerprint density at radius 2 is 2.44 bits per heavy atom. The van der Waals surface area contributed by atoms with Gasteiger partial charge in [0.1, 0.15) is 6.10 Å². The Labute approximate surface area is 99.8 Å². The summed E-state index contributed by atoms with van der Waals surface area (Å²) in [6, 6.07) is 3.44. The monoisotopic (exact) mass is 243 g/mol. The van der Waals surface area contributed by atoms with Crippen molar-refractivity contribution in [2.75, 3.05) is 13.1 Å². The van der Waals surface area contributed by atoms with Crippen LogP contribution < -0.4 is 15.8 Å². The fourth-order valence-corrected chi connectivity index (χ4v) is 1.58. The number of nitrogens with zero attached hydrogens (tertiary/aromatic N) is 1. The fraction of sp³-hybridized carbons (Fsp3) is 0.400. The van der Waals surface area contributed by atoms with Crippen molar-refractivity contribution in [1.82, 2.24) is 10.3 Å². The van der Waals surface area contributed by atoms with Crippen LogP contribution in [0.15, 0.2) is 18.3 Å². The van der Waals surface area contributed by atoms with Crippen LogP contribution >= 0.6 is 12.4 Å². The molecule has 6 heteroatoms. The normalized spacial score (nSPS) is 18.9. The number of nitrogens with one attached hydrogen (secondary N) is 1. The van der Waals surface area contributed by atoms with Crippen LogP contribution in [0.1, 0.15) is 16.9 Å². The molecule has 5 nitrogen and oxygen atoms in total. The number of aromatic nitrogens is 1. The van der Waals surface area contributed by atoms with Crippen molar-refractivity contribution in [1.29, 1.82) is 0 Å². The van der Waals surface area contributed by atoms with E-state index >= 15 is 0 Å². The number of primary amides is 1. The molecule has 1 atom stereocenters. The first-order valence-corrected chi connectivity index (χ1v) is 4.89. The van der Waals surface area contributed by atoms with Gasteiger partial charge in [0.05, 0.1) is 0 Å². The average Bonchev–Trinajstić information content (AvgIpc) is 2.71. The Morgan fingerprint density at radius 3 is 3.06 bits per heavy atom. The van der Waals surface area contributed by atoms with E-state index in [1.807, 2.05) is 0 Å². The molecule has 0 spiro atoms. The van der Waals surface area contributed by atoms with Gasteiger partial charge in [-0.1, -0.05) is 0 Å². The van der Waals surface area contributed by atoms with Crippen molar-refractivity contribution >= 4 is 18.3 Å². The summed E-state index contributed by atoms with van der Waals surface area (Å²) >= 11 is 0. The quantitative estimate of drug-likeness (QED) is 0.803. The van der Waals surface area contributed by atoms with E-state index in [4.69, 9.17) is 10.5 Å². The first-order valence-electron chi connectivity index (χ1n) is 4.89. The largest absolute Gasteiger partial charge is 0.487 e. The van der Waals surface area contributed by atoms with Crippen molar-refractivity contribution in [3.63, 3.8) is 0 Å². The number of carbonyl (C=O) groups excluding carboxylic acids is 1. The average molecular weight is 244 g/mol. The van der Waals surface area contributed by atoms with Gasteiger partial charge in [0.15, 0.2) is 11.4 Å². The molecule has 1 aromatic heterocycles. The van der Waals surface area contributed by atoms with E-state index in [2.05, 4.69) is 10.3 Å². The molecule has 0 aliphatic carbocycles. The Bertz CT molecular complexity index is 367. The molecule has 1 saturated heterocycles. The lowest BCUT2D eigenvalue weighted by molar-refractivity contribution is 0.0988. The van der Waals surface area contributed by atoms with E-state index in [9.17, 15) is 4.79 Å². The fourth-order valence-electron chi connectivity index (χ4n) is 1.58. The number of nitrogens with two attached hydrogens (primary N) is 1. The highest BCUT2D eigenvalue weighted by atomic mass is 35.5. The van der Waals surface area contributed by atoms with Gasteiger partial charge >= 0.3 is 0 Å². The zero-order valence-corrected chi connectivity index (χ0v) is 9.50. The van der Waals surface area contributed by atoms with Gasteiger partial charge in [-0.15, -0.1) is 12.4 Å². The maximum Gasteiger partial charge on any atom is 0.271 e. The van der Waals surface area contributed by atoms with Gasteiger partial charge in [0.25, 0.3) is 5.91 Å². The Kier molecular flexibility index (Phi) is 4.52. The summed E-state index contributed by atoms with van der Waals surface area (Å²) < 4.78 is 5.64. The molecule has 16 heavy (non-hydrogen) atoms. The lowest BCUT2D eigenvalue weighted by Gasteiger charge is -2.13. The Morgan fingerprint density at radius 1 is 1.62 bits per heavy atom. The van der Waals surface area contributed by atoms with Crippen molar-refractivity contribution in [3.05, 3.63) is 24.0 Å².